The van der Waals surface area contributed by atoms with Crippen molar-refractivity contribution in [2.75, 3.05) is 18.6 Å². The van der Waals surface area contributed by atoms with Crippen molar-refractivity contribution in [3.05, 3.63) is 39.9 Å². The van der Waals surface area contributed by atoms with Crippen molar-refractivity contribution < 1.29 is 14.5 Å². The molecule has 1 unspecified atom stereocenters. The largest absolute Gasteiger partial charge is 0.351 e. The van der Waals surface area contributed by atoms with Crippen molar-refractivity contribution >= 4 is 41.7 Å². The molecular weight excluding hydrogens is 368 g/mol. The van der Waals surface area contributed by atoms with E-state index in [4.69, 9.17) is 5.73 Å². The van der Waals surface area contributed by atoms with Gasteiger partial charge in [0.05, 0.1) is 4.92 Å². The van der Waals surface area contributed by atoms with Crippen molar-refractivity contribution in [3.8, 4) is 0 Å². The van der Waals surface area contributed by atoms with Crippen LogP contribution in [0, 0.1) is 10.1 Å². The maximum atomic E-state index is 12.3. The molecule has 0 aliphatic rings. The lowest BCUT2D eigenvalue weighted by Crippen LogP contribution is -2.50. The van der Waals surface area contributed by atoms with E-state index in [1.165, 1.54) is 24.3 Å². The standard InChI is InChI=1S/C15H22N4O4S.ClH/c1-10(9-16)17-15(21)13(6-7-24-2)18-14(20)11-4-3-5-12(8-11)19(22)23;/h3-5,8,10,13H,6-7,9,16H2,1-2H3,(H,17,21)(H,18,20);1H/t10-,13?;/m0./s1. The van der Waals surface area contributed by atoms with Gasteiger partial charge in [-0.1, -0.05) is 6.07 Å². The van der Waals surface area contributed by atoms with Crippen molar-refractivity contribution in [1.82, 2.24) is 10.6 Å². The molecule has 0 aliphatic heterocycles. The highest BCUT2D eigenvalue weighted by Crippen LogP contribution is 2.13. The van der Waals surface area contributed by atoms with Gasteiger partial charge in [-0.2, -0.15) is 11.8 Å². The van der Waals surface area contributed by atoms with Gasteiger partial charge in [0.2, 0.25) is 5.91 Å². The summed E-state index contributed by atoms with van der Waals surface area (Å²) < 4.78 is 0. The number of nitrogens with one attached hydrogen (secondary N) is 2. The van der Waals surface area contributed by atoms with Gasteiger partial charge in [-0.05, 0) is 31.4 Å². The van der Waals surface area contributed by atoms with Crippen LogP contribution in [0.25, 0.3) is 0 Å². The summed E-state index contributed by atoms with van der Waals surface area (Å²) in [6.07, 6.45) is 2.35. The minimum atomic E-state index is -0.724. The van der Waals surface area contributed by atoms with Crippen LogP contribution < -0.4 is 16.4 Å². The van der Waals surface area contributed by atoms with Crippen LogP contribution in [0.5, 0.6) is 0 Å². The molecule has 1 rings (SSSR count). The van der Waals surface area contributed by atoms with E-state index in [1.54, 1.807) is 18.7 Å². The molecule has 0 aliphatic carbocycles. The second kappa shape index (κ2) is 11.7. The highest BCUT2D eigenvalue weighted by Gasteiger charge is 2.22. The summed E-state index contributed by atoms with van der Waals surface area (Å²) in [4.78, 5) is 34.8. The molecule has 0 spiro atoms. The number of nitrogens with two attached hydrogens (primary N) is 1. The van der Waals surface area contributed by atoms with Crippen molar-refractivity contribution in [1.29, 1.82) is 0 Å². The number of non-ortho nitro benzene ring substituents is 1. The Kier molecular flexibility index (Phi) is 10.8. The predicted molar refractivity (Wildman–Crippen MR) is 101 cm³/mol. The quantitative estimate of drug-likeness (QED) is 0.431. The topological polar surface area (TPSA) is 127 Å². The molecule has 0 saturated carbocycles. The zero-order chi connectivity index (χ0) is 18.1. The normalized spacial score (nSPS) is 12.4. The van der Waals surface area contributed by atoms with Gasteiger partial charge < -0.3 is 16.4 Å². The van der Waals surface area contributed by atoms with E-state index >= 15 is 0 Å². The Morgan fingerprint density at radius 1 is 1.36 bits per heavy atom. The van der Waals surface area contributed by atoms with Gasteiger partial charge in [-0.25, -0.2) is 0 Å². The van der Waals surface area contributed by atoms with Gasteiger partial charge in [0, 0.05) is 30.3 Å². The SMILES string of the molecule is CSCCC(NC(=O)c1cccc([N+](=O)[O-])c1)C(=O)N[C@@H](C)CN.Cl. The Hall–Kier alpha value is -1.84. The van der Waals surface area contributed by atoms with Gasteiger partial charge in [0.1, 0.15) is 6.04 Å². The zero-order valence-electron chi connectivity index (χ0n) is 14.1. The van der Waals surface area contributed by atoms with Crippen molar-refractivity contribution in [2.24, 2.45) is 5.73 Å². The van der Waals surface area contributed by atoms with E-state index in [1.807, 2.05) is 6.26 Å². The number of nitro benzene ring substituents is 1. The highest BCUT2D eigenvalue weighted by molar-refractivity contribution is 7.98. The van der Waals surface area contributed by atoms with Gasteiger partial charge in [-0.15, -0.1) is 12.4 Å². The summed E-state index contributed by atoms with van der Waals surface area (Å²) in [5.41, 5.74) is 5.45. The summed E-state index contributed by atoms with van der Waals surface area (Å²) >= 11 is 1.56. The minimum Gasteiger partial charge on any atom is -0.351 e. The molecule has 0 fully saturated rings. The lowest BCUT2D eigenvalue weighted by molar-refractivity contribution is -0.384. The van der Waals surface area contributed by atoms with E-state index in [0.717, 1.165) is 0 Å². The third-order valence-electron chi connectivity index (χ3n) is 3.29. The molecule has 25 heavy (non-hydrogen) atoms. The first-order valence-corrected chi connectivity index (χ1v) is 8.83. The molecule has 0 saturated heterocycles. The number of benzene rings is 1. The maximum Gasteiger partial charge on any atom is 0.270 e. The number of hydrogen-bond acceptors (Lipinski definition) is 6. The van der Waals surface area contributed by atoms with Crippen LogP contribution in [0.4, 0.5) is 5.69 Å². The number of carbonyl (C=O) groups is 2. The minimum absolute atomic E-state index is 0. The molecule has 10 heteroatoms. The van der Waals surface area contributed by atoms with E-state index < -0.39 is 16.9 Å². The van der Waals surface area contributed by atoms with E-state index in [9.17, 15) is 19.7 Å². The fraction of sp³-hybridized carbons (Fsp3) is 0.467. The number of carbonyl (C=O) groups excluding carboxylic acids is 2. The second-order valence-electron chi connectivity index (χ2n) is 5.26. The molecule has 4 N–H and O–H groups in total. The Morgan fingerprint density at radius 2 is 2.04 bits per heavy atom. The molecule has 0 radical (unpaired) electrons. The number of nitro groups is 1. The van der Waals surface area contributed by atoms with E-state index in [2.05, 4.69) is 10.6 Å². The molecule has 2 atom stereocenters. The first-order valence-electron chi connectivity index (χ1n) is 7.43. The molecule has 0 heterocycles. The Morgan fingerprint density at radius 3 is 2.60 bits per heavy atom. The molecular formula is C15H23ClN4O4S. The summed E-state index contributed by atoms with van der Waals surface area (Å²) in [5.74, 6) is -0.161. The number of amides is 2. The van der Waals surface area contributed by atoms with Crippen LogP contribution in [-0.4, -0.2) is 47.4 Å². The first-order chi connectivity index (χ1) is 11.4. The van der Waals surface area contributed by atoms with Crippen LogP contribution in [0.15, 0.2) is 24.3 Å². The zero-order valence-corrected chi connectivity index (χ0v) is 15.7. The lowest BCUT2D eigenvalue weighted by Gasteiger charge is -2.20. The highest BCUT2D eigenvalue weighted by atomic mass is 35.5. The molecule has 1 aromatic rings. The summed E-state index contributed by atoms with van der Waals surface area (Å²) in [6, 6.07) is 4.45. The van der Waals surface area contributed by atoms with Crippen LogP contribution in [-0.2, 0) is 4.79 Å². The monoisotopic (exact) mass is 390 g/mol. The molecule has 1 aromatic carbocycles. The Balaban J connectivity index is 0.00000576. The summed E-state index contributed by atoms with van der Waals surface area (Å²) in [7, 11) is 0. The van der Waals surface area contributed by atoms with Gasteiger partial charge >= 0.3 is 0 Å². The van der Waals surface area contributed by atoms with E-state index in [-0.39, 0.29) is 35.6 Å². The van der Waals surface area contributed by atoms with Gasteiger partial charge in [0.25, 0.3) is 11.6 Å². The Labute approximate surface area is 156 Å². The average Bonchev–Trinajstić information content (AvgIpc) is 2.58. The van der Waals surface area contributed by atoms with Crippen LogP contribution in [0.2, 0.25) is 0 Å². The molecule has 2 amide bonds. The molecule has 8 nitrogen and oxygen atoms in total. The van der Waals surface area contributed by atoms with E-state index in [0.29, 0.717) is 18.7 Å². The average molecular weight is 391 g/mol. The second-order valence-corrected chi connectivity index (χ2v) is 6.25. The molecule has 0 bridgehead atoms. The fourth-order valence-electron chi connectivity index (χ4n) is 1.91. The van der Waals surface area contributed by atoms with Crippen molar-refractivity contribution in [2.45, 2.75) is 25.4 Å². The molecule has 140 valence electrons. The first kappa shape index (κ1) is 23.2. The smallest absolute Gasteiger partial charge is 0.270 e. The van der Waals surface area contributed by atoms with Crippen LogP contribution in [0.3, 0.4) is 0 Å². The molecule has 0 aromatic heterocycles. The third kappa shape index (κ3) is 7.72. The number of rotatable bonds is 9. The van der Waals surface area contributed by atoms with Crippen molar-refractivity contribution in [3.63, 3.8) is 0 Å². The summed E-state index contributed by atoms with van der Waals surface area (Å²) in [6.45, 7) is 2.06. The fourth-order valence-corrected chi connectivity index (χ4v) is 2.38. The van der Waals surface area contributed by atoms with Gasteiger partial charge in [-0.3, -0.25) is 19.7 Å². The lowest BCUT2D eigenvalue weighted by atomic mass is 10.1. The number of nitrogens with zero attached hydrogens (tertiary/aromatic N) is 1. The number of halogens is 1. The van der Waals surface area contributed by atoms with Crippen LogP contribution in [0.1, 0.15) is 23.7 Å². The number of thioether (sulfide) groups is 1. The number of hydrogen-bond donors (Lipinski definition) is 3. The van der Waals surface area contributed by atoms with Crippen LogP contribution >= 0.6 is 24.2 Å². The summed E-state index contributed by atoms with van der Waals surface area (Å²) in [5, 5.41) is 16.2. The third-order valence-corrected chi connectivity index (χ3v) is 3.94. The maximum absolute atomic E-state index is 12.3. The Bertz CT molecular complexity index is 603. The predicted octanol–water partition coefficient (Wildman–Crippen LogP) is 1.33. The van der Waals surface area contributed by atoms with Gasteiger partial charge in [0.15, 0.2) is 0 Å².